The van der Waals surface area contributed by atoms with Crippen LogP contribution in [-0.2, 0) is 4.74 Å². The van der Waals surface area contributed by atoms with E-state index in [2.05, 4.69) is 23.2 Å². The molecule has 0 aromatic rings. The third-order valence-corrected chi connectivity index (χ3v) is 3.89. The second-order valence-electron chi connectivity index (χ2n) is 5.42. The normalized spacial score (nSPS) is 32.1. The Morgan fingerprint density at radius 3 is 2.82 bits per heavy atom. The van der Waals surface area contributed by atoms with Gasteiger partial charge in [0.25, 0.3) is 0 Å². The van der Waals surface area contributed by atoms with Crippen LogP contribution in [0.2, 0.25) is 0 Å². The van der Waals surface area contributed by atoms with Gasteiger partial charge in [-0.3, -0.25) is 10.2 Å². The van der Waals surface area contributed by atoms with Gasteiger partial charge in [0.1, 0.15) is 6.04 Å². The maximum Gasteiger partial charge on any atom is 0.108 e. The fraction of sp³-hybridized carbons (Fsp3) is 0.923. The number of hydrogen-bond donors (Lipinski definition) is 1. The molecule has 96 valence electrons. The van der Waals surface area contributed by atoms with Gasteiger partial charge in [-0.1, -0.05) is 6.92 Å². The van der Waals surface area contributed by atoms with Crippen LogP contribution in [0, 0.1) is 17.2 Å². The second kappa shape index (κ2) is 5.81. The molecule has 4 heteroatoms. The summed E-state index contributed by atoms with van der Waals surface area (Å²) >= 11 is 0. The lowest BCUT2D eigenvalue weighted by Gasteiger charge is -2.37. The van der Waals surface area contributed by atoms with Crippen LogP contribution in [0.25, 0.3) is 0 Å². The van der Waals surface area contributed by atoms with E-state index in [4.69, 9.17) is 10.00 Å². The van der Waals surface area contributed by atoms with Gasteiger partial charge in [0.15, 0.2) is 0 Å². The Hall–Kier alpha value is -0.630. The van der Waals surface area contributed by atoms with E-state index in [1.54, 1.807) is 7.11 Å². The molecule has 1 saturated carbocycles. The number of rotatable bonds is 5. The summed E-state index contributed by atoms with van der Waals surface area (Å²) in [6.07, 6.45) is 3.95. The molecule has 4 nitrogen and oxygen atoms in total. The van der Waals surface area contributed by atoms with Crippen molar-refractivity contribution in [1.82, 2.24) is 10.2 Å². The largest absolute Gasteiger partial charge is 0.380 e. The summed E-state index contributed by atoms with van der Waals surface area (Å²) in [6.45, 7) is 5.13. The average Bonchev–Trinajstić information content (AvgIpc) is 3.14. The summed E-state index contributed by atoms with van der Waals surface area (Å²) in [5.41, 5.74) is 0. The summed E-state index contributed by atoms with van der Waals surface area (Å²) in [7, 11) is 1.79. The van der Waals surface area contributed by atoms with Crippen LogP contribution in [0.4, 0.5) is 0 Å². The van der Waals surface area contributed by atoms with Crippen molar-refractivity contribution in [3.05, 3.63) is 0 Å². The van der Waals surface area contributed by atoms with Crippen molar-refractivity contribution in [2.24, 2.45) is 5.92 Å². The van der Waals surface area contributed by atoms with Crippen molar-refractivity contribution >= 4 is 0 Å². The first-order valence-corrected chi connectivity index (χ1v) is 6.63. The first kappa shape index (κ1) is 12.8. The zero-order valence-electron chi connectivity index (χ0n) is 10.9. The van der Waals surface area contributed by atoms with E-state index in [0.29, 0.717) is 18.1 Å². The topological polar surface area (TPSA) is 48.3 Å². The minimum absolute atomic E-state index is 0.0200. The lowest BCUT2D eigenvalue weighted by Crippen LogP contribution is -2.49. The monoisotopic (exact) mass is 237 g/mol. The molecule has 3 atom stereocenters. The molecule has 1 aliphatic heterocycles. The predicted octanol–water partition coefficient (Wildman–Crippen LogP) is 0.987. The molecule has 0 aromatic heterocycles. The minimum Gasteiger partial charge on any atom is -0.380 e. The van der Waals surface area contributed by atoms with Gasteiger partial charge in [0.05, 0.1) is 12.2 Å². The van der Waals surface area contributed by atoms with Crippen LogP contribution in [-0.4, -0.2) is 49.8 Å². The van der Waals surface area contributed by atoms with Crippen LogP contribution in [0.1, 0.15) is 26.2 Å². The van der Waals surface area contributed by atoms with Crippen LogP contribution in [0.5, 0.6) is 0 Å². The van der Waals surface area contributed by atoms with Gasteiger partial charge in [-0.25, -0.2) is 0 Å². The lowest BCUT2D eigenvalue weighted by molar-refractivity contribution is -0.00601. The van der Waals surface area contributed by atoms with Crippen LogP contribution >= 0.6 is 0 Å². The molecule has 1 saturated heterocycles. The first-order valence-electron chi connectivity index (χ1n) is 6.63. The summed E-state index contributed by atoms with van der Waals surface area (Å²) in [5, 5.41) is 12.5. The Morgan fingerprint density at radius 1 is 1.47 bits per heavy atom. The number of piperidine rings is 1. The van der Waals surface area contributed by atoms with Crippen molar-refractivity contribution in [3.63, 3.8) is 0 Å². The maximum absolute atomic E-state index is 9.14. The molecule has 1 aliphatic carbocycles. The first-order chi connectivity index (χ1) is 8.22. The predicted molar refractivity (Wildman–Crippen MR) is 66.6 cm³/mol. The molecule has 2 fully saturated rings. The molecule has 3 unspecified atom stereocenters. The van der Waals surface area contributed by atoms with Crippen molar-refractivity contribution < 1.29 is 4.74 Å². The number of hydrogen-bond acceptors (Lipinski definition) is 4. The molecule has 0 spiro atoms. The molecule has 0 bridgehead atoms. The number of ether oxygens (including phenoxy) is 1. The fourth-order valence-electron chi connectivity index (χ4n) is 2.49. The zero-order valence-corrected chi connectivity index (χ0v) is 10.9. The van der Waals surface area contributed by atoms with Crippen molar-refractivity contribution in [2.75, 3.05) is 26.7 Å². The van der Waals surface area contributed by atoms with E-state index >= 15 is 0 Å². The SMILES string of the molecule is COC1CN(CC(C#N)NC2CC2)CCC1C. The van der Waals surface area contributed by atoms with E-state index in [0.717, 1.165) is 19.6 Å². The molecule has 2 aliphatic rings. The maximum atomic E-state index is 9.14. The number of nitrogens with zero attached hydrogens (tertiary/aromatic N) is 2. The van der Waals surface area contributed by atoms with E-state index < -0.39 is 0 Å². The molecular formula is C13H23N3O. The van der Waals surface area contributed by atoms with Gasteiger partial charge in [-0.2, -0.15) is 5.26 Å². The number of nitrogens with one attached hydrogen (secondary N) is 1. The number of nitriles is 1. The quantitative estimate of drug-likeness (QED) is 0.774. The van der Waals surface area contributed by atoms with Gasteiger partial charge in [-0.15, -0.1) is 0 Å². The second-order valence-corrected chi connectivity index (χ2v) is 5.42. The Kier molecular flexibility index (Phi) is 4.38. The molecule has 1 heterocycles. The number of methoxy groups -OCH3 is 1. The Bertz CT molecular complexity index is 285. The zero-order chi connectivity index (χ0) is 12.3. The fourth-order valence-corrected chi connectivity index (χ4v) is 2.49. The van der Waals surface area contributed by atoms with Gasteiger partial charge in [0.2, 0.25) is 0 Å². The number of likely N-dealkylation sites (tertiary alicyclic amines) is 1. The highest BCUT2D eigenvalue weighted by Gasteiger charge is 2.29. The standard InChI is InChI=1S/C13H23N3O/c1-10-5-6-16(9-13(10)17-2)8-12(7-14)15-11-3-4-11/h10-13,15H,3-6,8-9H2,1-2H3. The van der Waals surface area contributed by atoms with E-state index in [1.807, 2.05) is 0 Å². The van der Waals surface area contributed by atoms with E-state index in [1.165, 1.54) is 19.3 Å². The van der Waals surface area contributed by atoms with Crippen LogP contribution < -0.4 is 5.32 Å². The Balaban J connectivity index is 1.79. The molecule has 17 heavy (non-hydrogen) atoms. The highest BCUT2D eigenvalue weighted by molar-refractivity contribution is 4.98. The van der Waals surface area contributed by atoms with Crippen molar-refractivity contribution in [2.45, 2.75) is 44.4 Å². The molecule has 0 aromatic carbocycles. The molecule has 2 rings (SSSR count). The van der Waals surface area contributed by atoms with Gasteiger partial charge in [-0.05, 0) is 31.7 Å². The van der Waals surface area contributed by atoms with Crippen LogP contribution in [0.3, 0.4) is 0 Å². The highest BCUT2D eigenvalue weighted by atomic mass is 16.5. The van der Waals surface area contributed by atoms with E-state index in [9.17, 15) is 0 Å². The summed E-state index contributed by atoms with van der Waals surface area (Å²) < 4.78 is 5.50. The smallest absolute Gasteiger partial charge is 0.108 e. The molecule has 1 N–H and O–H groups in total. The Labute approximate surface area is 104 Å². The van der Waals surface area contributed by atoms with Crippen molar-refractivity contribution in [1.29, 1.82) is 5.26 Å². The molecule has 0 radical (unpaired) electrons. The van der Waals surface area contributed by atoms with Gasteiger partial charge >= 0.3 is 0 Å². The third-order valence-electron chi connectivity index (χ3n) is 3.89. The van der Waals surface area contributed by atoms with Crippen LogP contribution in [0.15, 0.2) is 0 Å². The van der Waals surface area contributed by atoms with Gasteiger partial charge < -0.3 is 4.74 Å². The summed E-state index contributed by atoms with van der Waals surface area (Å²) in [5.74, 6) is 0.633. The molecular weight excluding hydrogens is 214 g/mol. The lowest BCUT2D eigenvalue weighted by atomic mass is 9.95. The summed E-state index contributed by atoms with van der Waals surface area (Å²) in [6, 6.07) is 2.95. The molecule has 0 amide bonds. The van der Waals surface area contributed by atoms with E-state index in [-0.39, 0.29) is 6.04 Å². The third kappa shape index (κ3) is 3.67. The van der Waals surface area contributed by atoms with Gasteiger partial charge in [0, 0.05) is 26.2 Å². The van der Waals surface area contributed by atoms with Crippen molar-refractivity contribution in [3.8, 4) is 6.07 Å². The minimum atomic E-state index is -0.0200. The Morgan fingerprint density at radius 2 is 2.24 bits per heavy atom. The summed E-state index contributed by atoms with van der Waals surface area (Å²) in [4.78, 5) is 2.36. The highest BCUT2D eigenvalue weighted by Crippen LogP contribution is 2.21. The average molecular weight is 237 g/mol.